The first-order valence-electron chi connectivity index (χ1n) is 7.22. The normalized spacial score (nSPS) is 10.3. The quantitative estimate of drug-likeness (QED) is 0.778. The third kappa shape index (κ3) is 3.55. The first kappa shape index (κ1) is 14.8. The summed E-state index contributed by atoms with van der Waals surface area (Å²) >= 11 is 0. The molecule has 6 nitrogen and oxygen atoms in total. The van der Waals surface area contributed by atoms with Crippen LogP contribution in [0, 0.1) is 6.92 Å². The maximum absolute atomic E-state index is 12.0. The molecule has 3 aromatic rings. The molecule has 0 aliphatic rings. The molecule has 23 heavy (non-hydrogen) atoms. The summed E-state index contributed by atoms with van der Waals surface area (Å²) < 4.78 is 1.73. The molecule has 0 bridgehead atoms. The van der Waals surface area contributed by atoms with Gasteiger partial charge < -0.3 is 0 Å². The van der Waals surface area contributed by atoms with E-state index in [9.17, 15) is 4.79 Å². The molecule has 0 saturated heterocycles. The van der Waals surface area contributed by atoms with Crippen LogP contribution in [0.3, 0.4) is 0 Å². The highest BCUT2D eigenvalue weighted by Crippen LogP contribution is 2.21. The molecule has 0 fully saturated rings. The molecule has 0 unspecified atom stereocenters. The van der Waals surface area contributed by atoms with Crippen molar-refractivity contribution in [3.05, 3.63) is 60.3 Å². The van der Waals surface area contributed by atoms with Gasteiger partial charge in [0.2, 0.25) is 0 Å². The van der Waals surface area contributed by atoms with Gasteiger partial charge in [0.15, 0.2) is 5.82 Å². The number of nitrogens with one attached hydrogen (secondary N) is 2. The van der Waals surface area contributed by atoms with Crippen LogP contribution in [0.1, 0.15) is 5.56 Å². The number of amides is 2. The maximum Gasteiger partial charge on any atom is 0.326 e. The van der Waals surface area contributed by atoms with Crippen LogP contribution in [0.25, 0.3) is 11.3 Å². The average Bonchev–Trinajstić information content (AvgIpc) is 2.88. The minimum atomic E-state index is -0.374. The highest BCUT2D eigenvalue weighted by molar-refractivity contribution is 5.98. The predicted molar refractivity (Wildman–Crippen MR) is 90.3 cm³/mol. The molecule has 116 valence electrons. The van der Waals surface area contributed by atoms with E-state index in [1.807, 2.05) is 56.4 Å². The highest BCUT2D eigenvalue weighted by Gasteiger charge is 2.10. The van der Waals surface area contributed by atoms with Gasteiger partial charge in [-0.25, -0.2) is 9.78 Å². The van der Waals surface area contributed by atoms with Crippen molar-refractivity contribution in [3.8, 4) is 11.3 Å². The molecule has 2 amide bonds. The molecule has 6 heteroatoms. The standard InChI is InChI=1S/C17H17N5O/c1-12-8-9-18-15(10-12)19-17(23)20-16-11-14(22(2)21-16)13-6-4-3-5-7-13/h3-11H,1-2H3,(H2,18,19,20,21,23). The first-order chi connectivity index (χ1) is 11.1. The summed E-state index contributed by atoms with van der Waals surface area (Å²) in [5.74, 6) is 0.984. The van der Waals surface area contributed by atoms with Gasteiger partial charge in [-0.1, -0.05) is 30.3 Å². The second-order valence-electron chi connectivity index (χ2n) is 5.20. The zero-order valence-electron chi connectivity index (χ0n) is 12.9. The Balaban J connectivity index is 1.72. The van der Waals surface area contributed by atoms with Crippen LogP contribution in [0.2, 0.25) is 0 Å². The Labute approximate surface area is 134 Å². The Bertz CT molecular complexity index is 826. The fourth-order valence-corrected chi connectivity index (χ4v) is 2.28. The lowest BCUT2D eigenvalue weighted by Gasteiger charge is -2.04. The van der Waals surface area contributed by atoms with Gasteiger partial charge in [0.25, 0.3) is 0 Å². The van der Waals surface area contributed by atoms with E-state index in [1.54, 1.807) is 16.9 Å². The van der Waals surface area contributed by atoms with E-state index in [0.29, 0.717) is 11.6 Å². The third-order valence-electron chi connectivity index (χ3n) is 3.35. The summed E-state index contributed by atoms with van der Waals surface area (Å²) in [5.41, 5.74) is 2.99. The lowest BCUT2D eigenvalue weighted by atomic mass is 10.1. The van der Waals surface area contributed by atoms with Gasteiger partial charge in [0.05, 0.1) is 5.69 Å². The van der Waals surface area contributed by atoms with E-state index in [-0.39, 0.29) is 6.03 Å². The van der Waals surface area contributed by atoms with E-state index >= 15 is 0 Å². The van der Waals surface area contributed by atoms with Crippen LogP contribution in [0.5, 0.6) is 0 Å². The van der Waals surface area contributed by atoms with Gasteiger partial charge >= 0.3 is 6.03 Å². The molecular formula is C17H17N5O. The van der Waals surface area contributed by atoms with Crippen LogP contribution in [-0.2, 0) is 7.05 Å². The lowest BCUT2D eigenvalue weighted by Crippen LogP contribution is -2.20. The fraction of sp³-hybridized carbons (Fsp3) is 0.118. The van der Waals surface area contributed by atoms with Gasteiger partial charge in [-0.05, 0) is 30.2 Å². The number of aromatic nitrogens is 3. The van der Waals surface area contributed by atoms with Crippen molar-refractivity contribution < 1.29 is 4.79 Å². The number of hydrogen-bond acceptors (Lipinski definition) is 3. The van der Waals surface area contributed by atoms with Gasteiger partial charge in [0.1, 0.15) is 5.82 Å². The van der Waals surface area contributed by atoms with Gasteiger partial charge in [-0.15, -0.1) is 0 Å². The number of aryl methyl sites for hydroxylation is 2. The Morgan fingerprint density at radius 3 is 2.52 bits per heavy atom. The Kier molecular flexibility index (Phi) is 4.05. The summed E-state index contributed by atoms with van der Waals surface area (Å²) in [4.78, 5) is 16.1. The second kappa shape index (κ2) is 6.31. The van der Waals surface area contributed by atoms with Crippen molar-refractivity contribution >= 4 is 17.7 Å². The molecule has 2 heterocycles. The van der Waals surface area contributed by atoms with E-state index in [1.165, 1.54) is 0 Å². The summed E-state index contributed by atoms with van der Waals surface area (Å²) in [6.07, 6.45) is 1.65. The van der Waals surface area contributed by atoms with Crippen LogP contribution >= 0.6 is 0 Å². The van der Waals surface area contributed by atoms with Gasteiger partial charge in [-0.2, -0.15) is 5.10 Å². The number of benzene rings is 1. The number of pyridine rings is 1. The molecule has 0 radical (unpaired) electrons. The minimum absolute atomic E-state index is 0.374. The number of nitrogens with zero attached hydrogens (tertiary/aromatic N) is 3. The maximum atomic E-state index is 12.0. The van der Waals surface area contributed by atoms with Crippen molar-refractivity contribution in [3.63, 3.8) is 0 Å². The van der Waals surface area contributed by atoms with Gasteiger partial charge in [0, 0.05) is 19.3 Å². The van der Waals surface area contributed by atoms with Crippen LogP contribution in [-0.4, -0.2) is 20.8 Å². The SMILES string of the molecule is Cc1ccnc(NC(=O)Nc2cc(-c3ccccc3)n(C)n2)c1. The number of rotatable bonds is 3. The summed E-state index contributed by atoms with van der Waals surface area (Å²) in [7, 11) is 1.84. The van der Waals surface area contributed by atoms with Crippen molar-refractivity contribution in [1.29, 1.82) is 0 Å². The van der Waals surface area contributed by atoms with Crippen molar-refractivity contribution in [2.75, 3.05) is 10.6 Å². The van der Waals surface area contributed by atoms with Crippen LogP contribution in [0.15, 0.2) is 54.7 Å². The minimum Gasteiger partial charge on any atom is -0.292 e. The molecular weight excluding hydrogens is 290 g/mol. The molecule has 1 aromatic carbocycles. The summed E-state index contributed by atoms with van der Waals surface area (Å²) in [5, 5.41) is 9.72. The molecule has 2 aromatic heterocycles. The number of urea groups is 1. The molecule has 0 saturated carbocycles. The van der Waals surface area contributed by atoms with E-state index in [4.69, 9.17) is 0 Å². The topological polar surface area (TPSA) is 71.8 Å². The van der Waals surface area contributed by atoms with Crippen LogP contribution < -0.4 is 10.6 Å². The molecule has 0 atom stereocenters. The van der Waals surface area contributed by atoms with E-state index in [2.05, 4.69) is 20.7 Å². The molecule has 0 spiro atoms. The Morgan fingerprint density at radius 1 is 1.04 bits per heavy atom. The zero-order valence-corrected chi connectivity index (χ0v) is 12.9. The lowest BCUT2D eigenvalue weighted by molar-refractivity contribution is 0.262. The second-order valence-corrected chi connectivity index (χ2v) is 5.20. The molecule has 2 N–H and O–H groups in total. The van der Waals surface area contributed by atoms with Crippen LogP contribution in [0.4, 0.5) is 16.4 Å². The molecule has 3 rings (SSSR count). The number of carbonyl (C=O) groups excluding carboxylic acids is 1. The smallest absolute Gasteiger partial charge is 0.292 e. The highest BCUT2D eigenvalue weighted by atomic mass is 16.2. The summed E-state index contributed by atoms with van der Waals surface area (Å²) in [6.45, 7) is 1.94. The average molecular weight is 307 g/mol. The van der Waals surface area contributed by atoms with Crippen molar-refractivity contribution in [2.24, 2.45) is 7.05 Å². The third-order valence-corrected chi connectivity index (χ3v) is 3.35. The predicted octanol–water partition coefficient (Wildman–Crippen LogP) is 3.43. The zero-order chi connectivity index (χ0) is 16.2. The first-order valence-corrected chi connectivity index (χ1v) is 7.22. The number of carbonyl (C=O) groups is 1. The summed E-state index contributed by atoms with van der Waals surface area (Å²) in [6, 6.07) is 15.0. The number of anilines is 2. The molecule has 0 aliphatic heterocycles. The van der Waals surface area contributed by atoms with Gasteiger partial charge in [-0.3, -0.25) is 15.3 Å². The monoisotopic (exact) mass is 307 g/mol. The fourth-order valence-electron chi connectivity index (χ4n) is 2.28. The largest absolute Gasteiger partial charge is 0.326 e. The number of hydrogen-bond donors (Lipinski definition) is 2. The van der Waals surface area contributed by atoms with Crippen molar-refractivity contribution in [2.45, 2.75) is 6.92 Å². The Hall–Kier alpha value is -3.15. The molecule has 0 aliphatic carbocycles. The Morgan fingerprint density at radius 2 is 1.78 bits per heavy atom. The van der Waals surface area contributed by atoms with Crippen molar-refractivity contribution in [1.82, 2.24) is 14.8 Å². The van der Waals surface area contributed by atoms with E-state index in [0.717, 1.165) is 16.8 Å². The van der Waals surface area contributed by atoms with E-state index < -0.39 is 0 Å².